The number of unbranched alkanes of at least 4 members (excludes halogenated alkanes) is 1. The lowest BCUT2D eigenvalue weighted by Gasteiger charge is -2.01. The Balaban J connectivity index is 2.46. The zero-order chi connectivity index (χ0) is 8.81. The van der Waals surface area contributed by atoms with Crippen molar-refractivity contribution in [1.82, 2.24) is 0 Å². The van der Waals surface area contributed by atoms with Crippen LogP contribution in [0.1, 0.15) is 18.4 Å². The molecule has 1 aromatic carbocycles. The van der Waals surface area contributed by atoms with Crippen molar-refractivity contribution >= 4 is 23.2 Å². The summed E-state index contributed by atoms with van der Waals surface area (Å²) >= 11 is 11.5. The molecule has 0 amide bonds. The van der Waals surface area contributed by atoms with Crippen LogP contribution in [0.15, 0.2) is 24.3 Å². The van der Waals surface area contributed by atoms with Crippen LogP contribution in [0.25, 0.3) is 0 Å². The highest BCUT2D eigenvalue weighted by Crippen LogP contribution is 2.17. The molecule has 66 valence electrons. The number of rotatable bonds is 4. The largest absolute Gasteiger partial charge is 0.127 e. The van der Waals surface area contributed by atoms with E-state index in [1.54, 1.807) is 0 Å². The number of aryl methyl sites for hydroxylation is 1. The van der Waals surface area contributed by atoms with Gasteiger partial charge in [0.15, 0.2) is 0 Å². The van der Waals surface area contributed by atoms with Gasteiger partial charge in [0.1, 0.15) is 0 Å². The van der Waals surface area contributed by atoms with Crippen LogP contribution in [0, 0.1) is 0 Å². The van der Waals surface area contributed by atoms with Crippen LogP contribution in [-0.2, 0) is 6.42 Å². The van der Waals surface area contributed by atoms with E-state index in [9.17, 15) is 0 Å². The maximum Gasteiger partial charge on any atom is 0.0437 e. The molecule has 0 radical (unpaired) electrons. The molecule has 0 atom stereocenters. The van der Waals surface area contributed by atoms with E-state index in [1.165, 1.54) is 5.56 Å². The second-order valence-corrected chi connectivity index (χ2v) is 3.52. The fraction of sp³-hybridized carbons (Fsp3) is 0.400. The minimum Gasteiger partial charge on any atom is -0.127 e. The predicted octanol–water partition coefficient (Wildman–Crippen LogP) is 3.90. The lowest BCUT2D eigenvalue weighted by molar-refractivity contribution is 0.800. The van der Waals surface area contributed by atoms with Gasteiger partial charge >= 0.3 is 0 Å². The van der Waals surface area contributed by atoms with E-state index in [4.69, 9.17) is 23.2 Å². The molecule has 2 heteroatoms. The van der Waals surface area contributed by atoms with Crippen LogP contribution in [0.2, 0.25) is 5.02 Å². The number of hydrogen-bond acceptors (Lipinski definition) is 0. The molecule has 0 unspecified atom stereocenters. The highest BCUT2D eigenvalue weighted by atomic mass is 35.5. The Morgan fingerprint density at radius 1 is 1.08 bits per heavy atom. The summed E-state index contributed by atoms with van der Waals surface area (Å²) in [5, 5.41) is 0.868. The van der Waals surface area contributed by atoms with E-state index in [0.717, 1.165) is 30.2 Å². The van der Waals surface area contributed by atoms with E-state index in [2.05, 4.69) is 6.07 Å². The Hall–Kier alpha value is -0.200. The molecule has 0 aliphatic heterocycles. The maximum atomic E-state index is 5.97. The summed E-state index contributed by atoms with van der Waals surface area (Å²) in [6, 6.07) is 7.96. The van der Waals surface area contributed by atoms with Gasteiger partial charge in [0.25, 0.3) is 0 Å². The Morgan fingerprint density at radius 3 is 2.50 bits per heavy atom. The topological polar surface area (TPSA) is 0 Å². The van der Waals surface area contributed by atoms with Gasteiger partial charge in [-0.1, -0.05) is 29.8 Å². The van der Waals surface area contributed by atoms with E-state index in [1.807, 2.05) is 18.2 Å². The average Bonchev–Trinajstić information content (AvgIpc) is 2.09. The third kappa shape index (κ3) is 3.04. The fourth-order valence-corrected chi connectivity index (χ4v) is 1.53. The molecule has 0 bridgehead atoms. The van der Waals surface area contributed by atoms with Crippen molar-refractivity contribution in [2.75, 3.05) is 5.88 Å². The SMILES string of the molecule is ClCCCCc1ccccc1Cl. The maximum absolute atomic E-state index is 5.97. The van der Waals surface area contributed by atoms with Crippen LogP contribution >= 0.6 is 23.2 Å². The van der Waals surface area contributed by atoms with Gasteiger partial charge in [-0.2, -0.15) is 0 Å². The second-order valence-electron chi connectivity index (χ2n) is 2.74. The van der Waals surface area contributed by atoms with E-state index in [0.29, 0.717) is 0 Å². The zero-order valence-electron chi connectivity index (χ0n) is 6.89. The van der Waals surface area contributed by atoms with Crippen molar-refractivity contribution in [1.29, 1.82) is 0 Å². The first-order valence-corrected chi connectivity index (χ1v) is 5.05. The van der Waals surface area contributed by atoms with Gasteiger partial charge in [0.05, 0.1) is 0 Å². The molecule has 0 saturated heterocycles. The average molecular weight is 203 g/mol. The lowest BCUT2D eigenvalue weighted by Crippen LogP contribution is -1.86. The number of alkyl halides is 1. The molecular weight excluding hydrogens is 191 g/mol. The smallest absolute Gasteiger partial charge is 0.0437 e. The Labute approximate surface area is 83.5 Å². The Bertz CT molecular complexity index is 233. The number of halogens is 2. The summed E-state index contributed by atoms with van der Waals surface area (Å²) in [7, 11) is 0. The normalized spacial score (nSPS) is 10.2. The molecular formula is C10H12Cl2. The van der Waals surface area contributed by atoms with Crippen molar-refractivity contribution in [3.8, 4) is 0 Å². The summed E-state index contributed by atoms with van der Waals surface area (Å²) in [6.45, 7) is 0. The molecule has 0 fully saturated rings. The van der Waals surface area contributed by atoms with Crippen LogP contribution in [0.4, 0.5) is 0 Å². The molecule has 1 rings (SSSR count). The minimum absolute atomic E-state index is 0.741. The molecule has 0 N–H and O–H groups in total. The molecule has 0 aliphatic carbocycles. The molecule has 0 aliphatic rings. The monoisotopic (exact) mass is 202 g/mol. The van der Waals surface area contributed by atoms with E-state index < -0.39 is 0 Å². The van der Waals surface area contributed by atoms with Crippen LogP contribution < -0.4 is 0 Å². The summed E-state index contributed by atoms with van der Waals surface area (Å²) in [4.78, 5) is 0. The van der Waals surface area contributed by atoms with Crippen molar-refractivity contribution in [3.63, 3.8) is 0 Å². The molecule has 12 heavy (non-hydrogen) atoms. The van der Waals surface area contributed by atoms with Gasteiger partial charge in [-0.15, -0.1) is 11.6 Å². The van der Waals surface area contributed by atoms with Gasteiger partial charge in [0, 0.05) is 10.9 Å². The highest BCUT2D eigenvalue weighted by molar-refractivity contribution is 6.31. The lowest BCUT2D eigenvalue weighted by atomic mass is 10.1. The first kappa shape index (κ1) is 9.88. The van der Waals surface area contributed by atoms with Gasteiger partial charge in [0.2, 0.25) is 0 Å². The first-order valence-electron chi connectivity index (χ1n) is 4.14. The quantitative estimate of drug-likeness (QED) is 0.514. The Morgan fingerprint density at radius 2 is 1.83 bits per heavy atom. The molecule has 0 nitrogen and oxygen atoms in total. The van der Waals surface area contributed by atoms with Crippen molar-refractivity contribution in [2.24, 2.45) is 0 Å². The molecule has 0 saturated carbocycles. The van der Waals surface area contributed by atoms with Gasteiger partial charge in [-0.05, 0) is 30.9 Å². The minimum atomic E-state index is 0.741. The fourth-order valence-electron chi connectivity index (χ4n) is 1.11. The summed E-state index contributed by atoms with van der Waals surface area (Å²) < 4.78 is 0. The van der Waals surface area contributed by atoms with Crippen molar-refractivity contribution < 1.29 is 0 Å². The Kier molecular flexibility index (Phi) is 4.49. The van der Waals surface area contributed by atoms with Crippen molar-refractivity contribution in [2.45, 2.75) is 19.3 Å². The van der Waals surface area contributed by atoms with E-state index >= 15 is 0 Å². The second kappa shape index (κ2) is 5.45. The van der Waals surface area contributed by atoms with Crippen molar-refractivity contribution in [3.05, 3.63) is 34.9 Å². The summed E-state index contributed by atoms with van der Waals surface area (Å²) in [6.07, 6.45) is 3.21. The van der Waals surface area contributed by atoms with Gasteiger partial charge in [-0.3, -0.25) is 0 Å². The zero-order valence-corrected chi connectivity index (χ0v) is 8.41. The summed E-state index contributed by atoms with van der Waals surface area (Å²) in [5.74, 6) is 0.741. The third-order valence-corrected chi connectivity index (χ3v) is 2.42. The summed E-state index contributed by atoms with van der Waals surface area (Å²) in [5.41, 5.74) is 1.23. The third-order valence-electron chi connectivity index (χ3n) is 1.79. The number of benzene rings is 1. The predicted molar refractivity (Wildman–Crippen MR) is 55.1 cm³/mol. The van der Waals surface area contributed by atoms with Crippen LogP contribution in [-0.4, -0.2) is 5.88 Å². The molecule has 1 aromatic rings. The van der Waals surface area contributed by atoms with E-state index in [-0.39, 0.29) is 0 Å². The van der Waals surface area contributed by atoms with Crippen LogP contribution in [0.3, 0.4) is 0 Å². The molecule has 0 spiro atoms. The number of hydrogen-bond donors (Lipinski definition) is 0. The van der Waals surface area contributed by atoms with Crippen LogP contribution in [0.5, 0.6) is 0 Å². The van der Waals surface area contributed by atoms with Gasteiger partial charge in [-0.25, -0.2) is 0 Å². The first-order chi connectivity index (χ1) is 5.84. The highest BCUT2D eigenvalue weighted by Gasteiger charge is 1.97. The molecule has 0 aromatic heterocycles. The van der Waals surface area contributed by atoms with Gasteiger partial charge < -0.3 is 0 Å². The standard InChI is InChI=1S/C10H12Cl2/c11-8-4-3-6-9-5-1-2-7-10(9)12/h1-2,5,7H,3-4,6,8H2. The molecule has 0 heterocycles.